The Morgan fingerprint density at radius 3 is 2.85 bits per heavy atom. The molecule has 0 aliphatic carbocycles. The van der Waals surface area contributed by atoms with E-state index in [1.165, 1.54) is 12.1 Å². The minimum atomic E-state index is -0.284. The van der Waals surface area contributed by atoms with Crippen molar-refractivity contribution in [3.05, 3.63) is 57.9 Å². The van der Waals surface area contributed by atoms with Crippen LogP contribution in [0.3, 0.4) is 0 Å². The monoisotopic (exact) mass is 350 g/mol. The summed E-state index contributed by atoms with van der Waals surface area (Å²) in [6, 6.07) is 8.65. The van der Waals surface area contributed by atoms with E-state index in [1.807, 2.05) is 18.2 Å². The van der Waals surface area contributed by atoms with Crippen molar-refractivity contribution in [3.8, 4) is 11.8 Å². The van der Waals surface area contributed by atoms with Crippen LogP contribution >= 0.6 is 27.7 Å². The van der Waals surface area contributed by atoms with Gasteiger partial charge in [-0.15, -0.1) is 11.8 Å². The van der Waals surface area contributed by atoms with Crippen LogP contribution in [-0.2, 0) is 5.75 Å². The number of benzene rings is 1. The van der Waals surface area contributed by atoms with E-state index >= 15 is 0 Å². The minimum absolute atomic E-state index is 0.267. The van der Waals surface area contributed by atoms with Gasteiger partial charge in [-0.1, -0.05) is 11.8 Å². The van der Waals surface area contributed by atoms with E-state index in [0.29, 0.717) is 11.3 Å². The maximum absolute atomic E-state index is 13.5. The zero-order valence-electron chi connectivity index (χ0n) is 10.6. The van der Waals surface area contributed by atoms with E-state index < -0.39 is 0 Å². The first-order chi connectivity index (χ1) is 9.67. The summed E-state index contributed by atoms with van der Waals surface area (Å²) >= 11 is 4.89. The lowest BCUT2D eigenvalue weighted by atomic mass is 10.1. The molecule has 1 aromatic heterocycles. The number of hydrogen-bond donors (Lipinski definition) is 1. The number of nitrogens with two attached hydrogens (primary N) is 1. The molecule has 0 fully saturated rings. The molecule has 0 unspecified atom stereocenters. The fourth-order valence-corrected chi connectivity index (χ4v) is 2.57. The number of hydrogen-bond acceptors (Lipinski definition) is 3. The highest BCUT2D eigenvalue weighted by Gasteiger charge is 2.02. The Balaban J connectivity index is 2.09. The SMILES string of the molecule is NCC#Cc1cc(F)cc(CSc2ccc(Br)cn2)c1. The van der Waals surface area contributed by atoms with Crippen molar-refractivity contribution in [2.45, 2.75) is 10.8 Å². The molecule has 2 nitrogen and oxygen atoms in total. The standard InChI is InChI=1S/C15H12BrFN2S/c16-13-3-4-15(19-9-13)20-10-12-6-11(2-1-5-18)7-14(17)8-12/h3-4,6-9H,5,10,18H2. The first-order valence-electron chi connectivity index (χ1n) is 5.90. The van der Waals surface area contributed by atoms with Gasteiger partial charge >= 0.3 is 0 Å². The average molecular weight is 351 g/mol. The number of aromatic nitrogens is 1. The summed E-state index contributed by atoms with van der Waals surface area (Å²) in [5.74, 6) is 5.93. The summed E-state index contributed by atoms with van der Waals surface area (Å²) in [6.45, 7) is 0.267. The number of thioether (sulfide) groups is 1. The summed E-state index contributed by atoms with van der Waals surface area (Å²) in [6.07, 6.45) is 1.74. The quantitative estimate of drug-likeness (QED) is 0.679. The molecule has 102 valence electrons. The molecule has 2 rings (SSSR count). The first kappa shape index (κ1) is 15.0. The van der Waals surface area contributed by atoms with Crippen LogP contribution in [0, 0.1) is 17.7 Å². The average Bonchev–Trinajstić information content (AvgIpc) is 2.44. The Labute approximate surface area is 130 Å². The van der Waals surface area contributed by atoms with E-state index in [2.05, 4.69) is 32.8 Å². The first-order valence-corrected chi connectivity index (χ1v) is 7.68. The van der Waals surface area contributed by atoms with Crippen LogP contribution in [0.25, 0.3) is 0 Å². The third-order valence-corrected chi connectivity index (χ3v) is 3.86. The molecule has 0 bridgehead atoms. The number of rotatable bonds is 3. The zero-order valence-corrected chi connectivity index (χ0v) is 13.0. The van der Waals surface area contributed by atoms with Crippen LogP contribution in [-0.4, -0.2) is 11.5 Å². The lowest BCUT2D eigenvalue weighted by Crippen LogP contribution is -1.93. The van der Waals surface area contributed by atoms with E-state index in [4.69, 9.17) is 5.73 Å². The molecule has 5 heteroatoms. The van der Waals surface area contributed by atoms with Crippen LogP contribution in [0.4, 0.5) is 4.39 Å². The van der Waals surface area contributed by atoms with Gasteiger partial charge < -0.3 is 5.73 Å². The summed E-state index contributed by atoms with van der Waals surface area (Å²) < 4.78 is 14.4. The van der Waals surface area contributed by atoms with Gasteiger partial charge in [0, 0.05) is 22.0 Å². The van der Waals surface area contributed by atoms with Crippen molar-refractivity contribution < 1.29 is 4.39 Å². The molecule has 0 amide bonds. The molecular formula is C15H12BrFN2S. The summed E-state index contributed by atoms with van der Waals surface area (Å²) in [5, 5.41) is 0.895. The second-order valence-electron chi connectivity index (χ2n) is 3.96. The Hall–Kier alpha value is -1.35. The fraction of sp³-hybridized carbons (Fsp3) is 0.133. The predicted molar refractivity (Wildman–Crippen MR) is 83.8 cm³/mol. The number of pyridine rings is 1. The smallest absolute Gasteiger partial charge is 0.124 e. The van der Waals surface area contributed by atoms with E-state index in [0.717, 1.165) is 15.1 Å². The van der Waals surface area contributed by atoms with Gasteiger partial charge in [0.25, 0.3) is 0 Å². The van der Waals surface area contributed by atoms with Crippen molar-refractivity contribution in [2.75, 3.05) is 6.54 Å². The highest BCUT2D eigenvalue weighted by molar-refractivity contribution is 9.10. The van der Waals surface area contributed by atoms with E-state index in [1.54, 1.807) is 18.0 Å². The largest absolute Gasteiger partial charge is 0.320 e. The van der Waals surface area contributed by atoms with Crippen LogP contribution in [0.15, 0.2) is 46.0 Å². The predicted octanol–water partition coefficient (Wildman–Crippen LogP) is 3.59. The molecule has 2 N–H and O–H groups in total. The number of nitrogens with zero attached hydrogens (tertiary/aromatic N) is 1. The van der Waals surface area contributed by atoms with E-state index in [9.17, 15) is 4.39 Å². The fourth-order valence-electron chi connectivity index (χ4n) is 1.56. The molecule has 0 aliphatic heterocycles. The molecular weight excluding hydrogens is 339 g/mol. The van der Waals surface area contributed by atoms with Gasteiger partial charge in [-0.05, 0) is 51.8 Å². The van der Waals surface area contributed by atoms with Gasteiger partial charge in [-0.25, -0.2) is 9.37 Å². The molecule has 0 saturated heterocycles. The topological polar surface area (TPSA) is 38.9 Å². The molecule has 0 aliphatic rings. The summed E-state index contributed by atoms with van der Waals surface area (Å²) in [5.41, 5.74) is 6.84. The molecule has 0 saturated carbocycles. The molecule has 0 radical (unpaired) electrons. The van der Waals surface area contributed by atoms with Crippen molar-refractivity contribution in [3.63, 3.8) is 0 Å². The maximum atomic E-state index is 13.5. The maximum Gasteiger partial charge on any atom is 0.124 e. The van der Waals surface area contributed by atoms with Crippen molar-refractivity contribution in [2.24, 2.45) is 5.73 Å². The van der Waals surface area contributed by atoms with E-state index in [-0.39, 0.29) is 12.4 Å². The second kappa shape index (κ2) is 7.44. The highest BCUT2D eigenvalue weighted by atomic mass is 79.9. The summed E-state index contributed by atoms with van der Waals surface area (Å²) in [7, 11) is 0. The summed E-state index contributed by atoms with van der Waals surface area (Å²) in [4.78, 5) is 4.27. The van der Waals surface area contributed by atoms with Crippen LogP contribution in [0.1, 0.15) is 11.1 Å². The zero-order chi connectivity index (χ0) is 14.4. The van der Waals surface area contributed by atoms with Gasteiger partial charge in [0.1, 0.15) is 5.82 Å². The van der Waals surface area contributed by atoms with Crippen molar-refractivity contribution in [1.82, 2.24) is 4.98 Å². The highest BCUT2D eigenvalue weighted by Crippen LogP contribution is 2.23. The molecule has 1 heterocycles. The third-order valence-electron chi connectivity index (χ3n) is 2.38. The molecule has 0 spiro atoms. The van der Waals surface area contributed by atoms with Crippen LogP contribution in [0.5, 0.6) is 0 Å². The third kappa shape index (κ3) is 4.64. The van der Waals surface area contributed by atoms with Gasteiger partial charge in [0.15, 0.2) is 0 Å². The normalized spacial score (nSPS) is 9.95. The van der Waals surface area contributed by atoms with Crippen LogP contribution < -0.4 is 5.73 Å². The lowest BCUT2D eigenvalue weighted by Gasteiger charge is -2.03. The Kier molecular flexibility index (Phi) is 5.60. The Morgan fingerprint density at radius 1 is 1.30 bits per heavy atom. The minimum Gasteiger partial charge on any atom is -0.320 e. The van der Waals surface area contributed by atoms with Crippen LogP contribution in [0.2, 0.25) is 0 Å². The molecule has 1 aromatic carbocycles. The molecule has 20 heavy (non-hydrogen) atoms. The van der Waals surface area contributed by atoms with Crippen molar-refractivity contribution >= 4 is 27.7 Å². The second-order valence-corrected chi connectivity index (χ2v) is 5.87. The lowest BCUT2D eigenvalue weighted by molar-refractivity contribution is 0.626. The molecule has 0 atom stereocenters. The van der Waals surface area contributed by atoms with Gasteiger partial charge in [0.2, 0.25) is 0 Å². The van der Waals surface area contributed by atoms with Gasteiger partial charge in [-0.2, -0.15) is 0 Å². The van der Waals surface area contributed by atoms with Crippen molar-refractivity contribution in [1.29, 1.82) is 0 Å². The number of halogens is 2. The van der Waals surface area contributed by atoms with Gasteiger partial charge in [0.05, 0.1) is 11.6 Å². The molecule has 2 aromatic rings. The Bertz CT molecular complexity index is 647. The Morgan fingerprint density at radius 2 is 2.15 bits per heavy atom. The van der Waals surface area contributed by atoms with Gasteiger partial charge in [-0.3, -0.25) is 0 Å².